The molecule has 1 aliphatic carbocycles. The van der Waals surface area contributed by atoms with Gasteiger partial charge in [-0.25, -0.2) is 0 Å². The van der Waals surface area contributed by atoms with Crippen LogP contribution in [0.5, 0.6) is 0 Å². The van der Waals surface area contributed by atoms with Crippen LogP contribution in [0.4, 0.5) is 0 Å². The van der Waals surface area contributed by atoms with Crippen molar-refractivity contribution >= 4 is 5.97 Å². The lowest BCUT2D eigenvalue weighted by Crippen LogP contribution is -2.60. The van der Waals surface area contributed by atoms with Crippen molar-refractivity contribution < 1.29 is 9.90 Å². The summed E-state index contributed by atoms with van der Waals surface area (Å²) in [5.74, 6) is -0.692. The Kier molecular flexibility index (Phi) is 5.84. The fraction of sp³-hybridized carbons (Fsp3) is 0.941. The highest BCUT2D eigenvalue weighted by Crippen LogP contribution is 2.50. The minimum Gasteiger partial charge on any atom is -0.480 e. The zero-order valence-corrected chi connectivity index (χ0v) is 14.8. The lowest BCUT2D eigenvalue weighted by Gasteiger charge is -2.50. The molecule has 2 N–H and O–H groups in total. The van der Waals surface area contributed by atoms with E-state index in [1.807, 2.05) is 0 Å². The van der Waals surface area contributed by atoms with Gasteiger partial charge in [-0.3, -0.25) is 4.79 Å². The van der Waals surface area contributed by atoms with Crippen molar-refractivity contribution in [1.29, 1.82) is 0 Å². The first-order valence-electron chi connectivity index (χ1n) is 8.27. The lowest BCUT2D eigenvalue weighted by molar-refractivity contribution is -0.151. The molecule has 21 heavy (non-hydrogen) atoms. The summed E-state index contributed by atoms with van der Waals surface area (Å²) >= 11 is 0. The van der Waals surface area contributed by atoms with Gasteiger partial charge in [-0.2, -0.15) is 0 Å². The number of hydrogen-bond acceptors (Lipinski definition) is 3. The molecule has 4 heteroatoms. The van der Waals surface area contributed by atoms with Crippen LogP contribution >= 0.6 is 0 Å². The van der Waals surface area contributed by atoms with Gasteiger partial charge in [0, 0.05) is 13.1 Å². The number of nitrogens with one attached hydrogen (secondary N) is 1. The van der Waals surface area contributed by atoms with Crippen LogP contribution in [0.1, 0.15) is 60.8 Å². The Labute approximate surface area is 130 Å². The first kappa shape index (κ1) is 18.4. The molecule has 0 spiro atoms. The molecule has 0 atom stereocenters. The minimum absolute atomic E-state index is 0.0579. The average molecular weight is 298 g/mol. The van der Waals surface area contributed by atoms with Gasteiger partial charge in [-0.15, -0.1) is 0 Å². The molecule has 4 nitrogen and oxygen atoms in total. The largest absolute Gasteiger partial charge is 0.480 e. The Morgan fingerprint density at radius 1 is 1.05 bits per heavy atom. The second-order valence-corrected chi connectivity index (χ2v) is 8.20. The van der Waals surface area contributed by atoms with E-state index in [-0.39, 0.29) is 10.8 Å². The zero-order valence-electron chi connectivity index (χ0n) is 14.8. The fourth-order valence-corrected chi connectivity index (χ4v) is 4.46. The Morgan fingerprint density at radius 2 is 1.52 bits per heavy atom. The Morgan fingerprint density at radius 3 is 1.90 bits per heavy atom. The van der Waals surface area contributed by atoms with Gasteiger partial charge in [0.15, 0.2) is 0 Å². The highest BCUT2D eigenvalue weighted by Gasteiger charge is 2.51. The maximum absolute atomic E-state index is 12.0. The van der Waals surface area contributed by atoms with E-state index >= 15 is 0 Å². The Balaban J connectivity index is 2.81. The summed E-state index contributed by atoms with van der Waals surface area (Å²) in [4.78, 5) is 14.3. The predicted molar refractivity (Wildman–Crippen MR) is 87.6 cm³/mol. The van der Waals surface area contributed by atoms with Crippen LogP contribution in [-0.4, -0.2) is 47.7 Å². The lowest BCUT2D eigenvalue weighted by atomic mass is 9.58. The van der Waals surface area contributed by atoms with Crippen LogP contribution < -0.4 is 5.32 Å². The van der Waals surface area contributed by atoms with E-state index in [0.717, 1.165) is 32.6 Å². The molecule has 0 saturated heterocycles. The van der Waals surface area contributed by atoms with Crippen molar-refractivity contribution in [2.75, 3.05) is 26.2 Å². The van der Waals surface area contributed by atoms with Gasteiger partial charge in [-0.1, -0.05) is 41.5 Å². The third-order valence-corrected chi connectivity index (χ3v) is 4.71. The molecule has 1 fully saturated rings. The highest BCUT2D eigenvalue weighted by molar-refractivity contribution is 5.79. The number of carboxylic acids is 1. The van der Waals surface area contributed by atoms with Gasteiger partial charge in [-0.05, 0) is 43.2 Å². The number of hydrogen-bond donors (Lipinski definition) is 2. The Bertz CT molecular complexity index is 344. The first-order chi connectivity index (χ1) is 9.56. The van der Waals surface area contributed by atoms with E-state index in [0.29, 0.717) is 12.8 Å². The maximum atomic E-state index is 12.0. The average Bonchev–Trinajstić information content (AvgIpc) is 2.30. The molecule has 0 radical (unpaired) electrons. The topological polar surface area (TPSA) is 52.6 Å². The number of likely N-dealkylation sites (N-methyl/N-ethyl adjacent to an activating group) is 1. The van der Waals surface area contributed by atoms with Crippen LogP contribution in [0.2, 0.25) is 0 Å². The summed E-state index contributed by atoms with van der Waals surface area (Å²) in [6.07, 6.45) is 2.49. The fourth-order valence-electron chi connectivity index (χ4n) is 4.46. The van der Waals surface area contributed by atoms with Gasteiger partial charge in [0.1, 0.15) is 5.54 Å². The van der Waals surface area contributed by atoms with Crippen molar-refractivity contribution in [2.45, 2.75) is 66.3 Å². The molecule has 0 bridgehead atoms. The van der Waals surface area contributed by atoms with E-state index in [1.54, 1.807) is 0 Å². The van der Waals surface area contributed by atoms with Gasteiger partial charge >= 0.3 is 5.97 Å². The van der Waals surface area contributed by atoms with Crippen LogP contribution in [0, 0.1) is 10.8 Å². The van der Waals surface area contributed by atoms with Crippen LogP contribution in [-0.2, 0) is 4.79 Å². The molecule has 0 aromatic heterocycles. The molecular weight excluding hydrogens is 264 g/mol. The van der Waals surface area contributed by atoms with Gasteiger partial charge in [0.05, 0.1) is 0 Å². The second-order valence-electron chi connectivity index (χ2n) is 8.20. The molecule has 0 amide bonds. The van der Waals surface area contributed by atoms with Gasteiger partial charge in [0.25, 0.3) is 0 Å². The van der Waals surface area contributed by atoms with Crippen molar-refractivity contribution in [3.8, 4) is 0 Å². The molecule has 0 aliphatic heterocycles. The number of carbonyl (C=O) groups is 1. The van der Waals surface area contributed by atoms with Crippen molar-refractivity contribution in [3.63, 3.8) is 0 Å². The van der Waals surface area contributed by atoms with E-state index in [1.165, 1.54) is 0 Å². The number of carboxylic acid groups (broad SMARTS) is 1. The zero-order chi connectivity index (χ0) is 16.3. The van der Waals surface area contributed by atoms with Crippen LogP contribution in [0.3, 0.4) is 0 Å². The molecule has 0 unspecified atom stereocenters. The normalized spacial score (nSPS) is 23.2. The van der Waals surface area contributed by atoms with Crippen LogP contribution in [0.25, 0.3) is 0 Å². The molecule has 1 aliphatic rings. The smallest absolute Gasteiger partial charge is 0.323 e. The van der Waals surface area contributed by atoms with E-state index in [4.69, 9.17) is 0 Å². The maximum Gasteiger partial charge on any atom is 0.323 e. The quantitative estimate of drug-likeness (QED) is 0.759. The standard InChI is InChI=1S/C17H34N2O2/c1-7-19(8-2)10-9-18-17(14(20)21)12-15(3,4)11-16(5,6)13-17/h18H,7-13H2,1-6H3,(H,20,21). The molecule has 0 aromatic rings. The number of rotatable bonds is 7. The highest BCUT2D eigenvalue weighted by atomic mass is 16.4. The molecule has 0 aromatic carbocycles. The minimum atomic E-state index is -0.779. The number of aliphatic carboxylic acids is 1. The van der Waals surface area contributed by atoms with Crippen molar-refractivity contribution in [2.24, 2.45) is 10.8 Å². The molecule has 0 heterocycles. The van der Waals surface area contributed by atoms with Crippen molar-refractivity contribution in [1.82, 2.24) is 10.2 Å². The van der Waals surface area contributed by atoms with E-state index in [2.05, 4.69) is 51.8 Å². The van der Waals surface area contributed by atoms with Gasteiger partial charge in [0.2, 0.25) is 0 Å². The Hall–Kier alpha value is -0.610. The molecule has 124 valence electrons. The van der Waals surface area contributed by atoms with Crippen LogP contribution in [0.15, 0.2) is 0 Å². The van der Waals surface area contributed by atoms with Gasteiger partial charge < -0.3 is 15.3 Å². The number of nitrogens with zero attached hydrogens (tertiary/aromatic N) is 1. The summed E-state index contributed by atoms with van der Waals surface area (Å²) in [6.45, 7) is 16.7. The summed E-state index contributed by atoms with van der Waals surface area (Å²) in [5, 5.41) is 13.3. The molecule has 1 saturated carbocycles. The third kappa shape index (κ3) is 4.96. The van der Waals surface area contributed by atoms with Crippen molar-refractivity contribution in [3.05, 3.63) is 0 Å². The monoisotopic (exact) mass is 298 g/mol. The molecular formula is C17H34N2O2. The third-order valence-electron chi connectivity index (χ3n) is 4.71. The summed E-state index contributed by atoms with van der Waals surface area (Å²) in [5.41, 5.74) is -0.664. The summed E-state index contributed by atoms with van der Waals surface area (Å²) < 4.78 is 0. The SMILES string of the molecule is CCN(CC)CCNC1(C(=O)O)CC(C)(C)CC(C)(C)C1. The second kappa shape index (κ2) is 6.66. The predicted octanol–water partition coefficient (Wildman–Crippen LogP) is 2.98. The van der Waals surface area contributed by atoms with E-state index in [9.17, 15) is 9.90 Å². The van der Waals surface area contributed by atoms with E-state index < -0.39 is 11.5 Å². The molecule has 1 rings (SSSR count). The summed E-state index contributed by atoms with van der Waals surface area (Å²) in [7, 11) is 0. The summed E-state index contributed by atoms with van der Waals surface area (Å²) in [6, 6.07) is 0. The first-order valence-corrected chi connectivity index (χ1v) is 8.27.